The predicted molar refractivity (Wildman–Crippen MR) is 88.9 cm³/mol. The molecule has 1 aliphatic rings. The van der Waals surface area contributed by atoms with Crippen molar-refractivity contribution in [1.82, 2.24) is 15.2 Å². The first-order valence-corrected chi connectivity index (χ1v) is 9.61. The number of aromatic nitrogens is 1. The fraction of sp³-hybridized carbons (Fsp3) is 0.667. The second-order valence-electron chi connectivity index (χ2n) is 6.41. The summed E-state index contributed by atoms with van der Waals surface area (Å²) in [6, 6.07) is -1.10. The first kappa shape index (κ1) is 20.3. The van der Waals surface area contributed by atoms with Gasteiger partial charge in [0.1, 0.15) is 10.6 Å². The number of hydrogen-bond acceptors (Lipinski definition) is 7. The van der Waals surface area contributed by atoms with E-state index in [0.717, 1.165) is 0 Å². The van der Waals surface area contributed by atoms with E-state index in [1.165, 1.54) is 20.8 Å². The zero-order valence-electron chi connectivity index (χ0n) is 14.9. The highest BCUT2D eigenvalue weighted by molar-refractivity contribution is 7.89. The van der Waals surface area contributed by atoms with Gasteiger partial charge in [-0.1, -0.05) is 5.16 Å². The Balaban J connectivity index is 2.02. The molecule has 2 rings (SSSR count). The molecule has 0 spiro atoms. The van der Waals surface area contributed by atoms with Gasteiger partial charge in [0.25, 0.3) is 0 Å². The largest absolute Gasteiger partial charge is 0.481 e. The molecule has 11 heteroatoms. The number of hydrogen-bond donors (Lipinski definition) is 3. The summed E-state index contributed by atoms with van der Waals surface area (Å²) in [6.07, 6.45) is 0.559. The normalized spacial score (nSPS) is 18.3. The van der Waals surface area contributed by atoms with Crippen LogP contribution in [0.1, 0.15) is 31.2 Å². The van der Waals surface area contributed by atoms with E-state index >= 15 is 0 Å². The fourth-order valence-electron chi connectivity index (χ4n) is 2.84. The minimum atomic E-state index is -4.00. The van der Waals surface area contributed by atoms with Crippen molar-refractivity contribution in [2.75, 3.05) is 19.8 Å². The highest BCUT2D eigenvalue weighted by Gasteiger charge is 2.41. The monoisotopic (exact) mass is 389 g/mol. The quantitative estimate of drug-likeness (QED) is 0.588. The molecule has 1 amide bonds. The van der Waals surface area contributed by atoms with Gasteiger partial charge in [-0.2, -0.15) is 4.72 Å². The molecule has 0 bridgehead atoms. The number of carbonyl (C=O) groups is 2. The maximum absolute atomic E-state index is 12.4. The van der Waals surface area contributed by atoms with E-state index in [1.54, 1.807) is 0 Å². The highest BCUT2D eigenvalue weighted by atomic mass is 32.2. The van der Waals surface area contributed by atoms with Gasteiger partial charge in [0, 0.05) is 19.8 Å². The second kappa shape index (κ2) is 7.72. The molecule has 1 aromatic heterocycles. The van der Waals surface area contributed by atoms with E-state index in [0.29, 0.717) is 13.2 Å². The molecular weight excluding hydrogens is 366 g/mol. The van der Waals surface area contributed by atoms with Gasteiger partial charge in [-0.15, -0.1) is 0 Å². The lowest BCUT2D eigenvalue weighted by molar-refractivity contribution is -0.154. The van der Waals surface area contributed by atoms with E-state index < -0.39 is 33.4 Å². The molecule has 1 saturated heterocycles. The van der Waals surface area contributed by atoms with E-state index in [1.807, 2.05) is 0 Å². The van der Waals surface area contributed by atoms with Crippen molar-refractivity contribution in [3.05, 3.63) is 11.5 Å². The van der Waals surface area contributed by atoms with Gasteiger partial charge in [0.05, 0.1) is 11.5 Å². The summed E-state index contributed by atoms with van der Waals surface area (Å²) in [7, 11) is -4.00. The number of amides is 1. The lowest BCUT2D eigenvalue weighted by atomic mass is 9.80. The van der Waals surface area contributed by atoms with E-state index in [2.05, 4.69) is 15.2 Å². The van der Waals surface area contributed by atoms with Crippen molar-refractivity contribution in [3.63, 3.8) is 0 Å². The van der Waals surface area contributed by atoms with Crippen LogP contribution >= 0.6 is 0 Å². The number of nitrogens with one attached hydrogen (secondary N) is 2. The molecule has 0 radical (unpaired) electrons. The Bertz CT molecular complexity index is 762. The fourth-order valence-corrected chi connectivity index (χ4v) is 4.37. The number of sulfonamides is 1. The van der Waals surface area contributed by atoms with E-state index in [9.17, 15) is 23.1 Å². The van der Waals surface area contributed by atoms with Crippen LogP contribution in [0.25, 0.3) is 0 Å². The zero-order chi connectivity index (χ0) is 19.5. The van der Waals surface area contributed by atoms with Crippen LogP contribution in [0.4, 0.5) is 0 Å². The molecule has 2 heterocycles. The highest BCUT2D eigenvalue weighted by Crippen LogP contribution is 2.30. The van der Waals surface area contributed by atoms with Crippen LogP contribution in [0, 0.1) is 19.3 Å². The molecule has 10 nitrogen and oxygen atoms in total. The first-order chi connectivity index (χ1) is 12.1. The third kappa shape index (κ3) is 4.22. The maximum Gasteiger partial charge on any atom is 0.311 e. The van der Waals surface area contributed by atoms with Gasteiger partial charge in [-0.05, 0) is 33.6 Å². The standard InChI is InChI=1S/C15H23N3O7S/c1-9-12(11(3)25-17-9)26(22,23)18-10(2)13(19)16-8-15(14(20)21)4-6-24-7-5-15/h10,18H,4-8H2,1-3H3,(H,16,19)(H,20,21). The van der Waals surface area contributed by atoms with Crippen molar-refractivity contribution in [2.24, 2.45) is 5.41 Å². The molecule has 1 aliphatic heterocycles. The molecule has 0 aliphatic carbocycles. The summed E-state index contributed by atoms with van der Waals surface area (Å²) in [6.45, 7) is 4.83. The predicted octanol–water partition coefficient (Wildman–Crippen LogP) is -0.0442. The Kier molecular flexibility index (Phi) is 6.04. The van der Waals surface area contributed by atoms with Gasteiger partial charge in [0.15, 0.2) is 5.76 Å². The number of carboxylic acids is 1. The van der Waals surface area contributed by atoms with Crippen molar-refractivity contribution >= 4 is 21.9 Å². The lowest BCUT2D eigenvalue weighted by Gasteiger charge is -2.33. The topological polar surface area (TPSA) is 148 Å². The van der Waals surface area contributed by atoms with Crippen LogP contribution in [-0.2, 0) is 24.3 Å². The molecular formula is C15H23N3O7S. The summed E-state index contributed by atoms with van der Waals surface area (Å²) >= 11 is 0. The average molecular weight is 389 g/mol. The number of aryl methyl sites for hydroxylation is 2. The average Bonchev–Trinajstić information content (AvgIpc) is 2.92. The summed E-state index contributed by atoms with van der Waals surface area (Å²) in [4.78, 5) is 23.7. The Morgan fingerprint density at radius 1 is 1.31 bits per heavy atom. The summed E-state index contributed by atoms with van der Waals surface area (Å²) < 4.78 is 37.1. The Hall–Kier alpha value is -1.98. The number of ether oxygens (including phenoxy) is 1. The van der Waals surface area contributed by atoms with E-state index in [-0.39, 0.29) is 35.7 Å². The molecule has 146 valence electrons. The van der Waals surface area contributed by atoms with Crippen molar-refractivity contribution < 1.29 is 32.4 Å². The Morgan fingerprint density at radius 3 is 2.42 bits per heavy atom. The van der Waals surface area contributed by atoms with Crippen molar-refractivity contribution in [3.8, 4) is 0 Å². The number of nitrogens with zero attached hydrogens (tertiary/aromatic N) is 1. The number of aliphatic carboxylic acids is 1. The van der Waals surface area contributed by atoms with Crippen LogP contribution < -0.4 is 10.0 Å². The number of carboxylic acid groups (broad SMARTS) is 1. The summed E-state index contributed by atoms with van der Waals surface area (Å²) in [5.74, 6) is -1.51. The smallest absolute Gasteiger partial charge is 0.311 e. The molecule has 0 aromatic carbocycles. The number of carbonyl (C=O) groups excluding carboxylic acids is 1. The maximum atomic E-state index is 12.4. The first-order valence-electron chi connectivity index (χ1n) is 8.13. The Morgan fingerprint density at radius 2 is 1.92 bits per heavy atom. The van der Waals surface area contributed by atoms with Gasteiger partial charge < -0.3 is 19.7 Å². The molecule has 1 unspecified atom stereocenters. The molecule has 1 aromatic rings. The molecule has 1 atom stereocenters. The van der Waals surface area contributed by atoms with Gasteiger partial charge in [0.2, 0.25) is 15.9 Å². The summed E-state index contributed by atoms with van der Waals surface area (Å²) in [5, 5.41) is 15.6. The third-order valence-electron chi connectivity index (χ3n) is 4.47. The minimum absolute atomic E-state index is 0.0953. The summed E-state index contributed by atoms with van der Waals surface area (Å²) in [5.41, 5.74) is -0.914. The van der Waals surface area contributed by atoms with Gasteiger partial charge in [-0.25, -0.2) is 8.42 Å². The SMILES string of the molecule is Cc1noc(C)c1S(=O)(=O)NC(C)C(=O)NCC1(C(=O)O)CCOCC1. The molecule has 3 N–H and O–H groups in total. The molecule has 0 saturated carbocycles. The van der Waals surface area contributed by atoms with Gasteiger partial charge >= 0.3 is 5.97 Å². The van der Waals surface area contributed by atoms with Crippen LogP contribution in [0.5, 0.6) is 0 Å². The van der Waals surface area contributed by atoms with Crippen molar-refractivity contribution in [2.45, 2.75) is 44.6 Å². The van der Waals surface area contributed by atoms with Crippen LogP contribution in [0.2, 0.25) is 0 Å². The van der Waals surface area contributed by atoms with E-state index in [4.69, 9.17) is 9.26 Å². The van der Waals surface area contributed by atoms with Crippen molar-refractivity contribution in [1.29, 1.82) is 0 Å². The number of rotatable bonds is 7. The molecule has 26 heavy (non-hydrogen) atoms. The Labute approximate surface area is 151 Å². The molecule has 1 fully saturated rings. The minimum Gasteiger partial charge on any atom is -0.481 e. The van der Waals surface area contributed by atoms with Crippen LogP contribution in [0.3, 0.4) is 0 Å². The van der Waals surface area contributed by atoms with Crippen LogP contribution in [-0.4, -0.2) is 56.4 Å². The second-order valence-corrected chi connectivity index (χ2v) is 8.06. The van der Waals surface area contributed by atoms with Crippen LogP contribution in [0.15, 0.2) is 9.42 Å². The third-order valence-corrected chi connectivity index (χ3v) is 6.25. The lowest BCUT2D eigenvalue weighted by Crippen LogP contribution is -2.51. The van der Waals surface area contributed by atoms with Gasteiger partial charge in [-0.3, -0.25) is 9.59 Å². The zero-order valence-corrected chi connectivity index (χ0v) is 15.7.